The van der Waals surface area contributed by atoms with E-state index in [1.54, 1.807) is 17.5 Å². The monoisotopic (exact) mass is 314 g/mol. The minimum Gasteiger partial charge on any atom is -0.292 e. The van der Waals surface area contributed by atoms with Crippen molar-refractivity contribution < 1.29 is 4.79 Å². The Morgan fingerprint density at radius 3 is 2.95 bits per heavy atom. The lowest BCUT2D eigenvalue weighted by Gasteiger charge is -2.06. The summed E-state index contributed by atoms with van der Waals surface area (Å²) in [7, 11) is 0. The molecule has 21 heavy (non-hydrogen) atoms. The molecule has 2 heterocycles. The highest BCUT2D eigenvalue weighted by Crippen LogP contribution is 2.37. The molecule has 0 bridgehead atoms. The van der Waals surface area contributed by atoms with Gasteiger partial charge in [-0.2, -0.15) is 0 Å². The standard InChI is InChI=1S/C16H11ClN2OS/c17-11-7-6-10(14-9(11)3-2-8-18-14)16-19-15-12(20)4-1-5-13(15)21-16/h2-3,6-8H,1,4-5H2. The Bertz CT molecular complexity index is 872. The number of benzene rings is 1. The Morgan fingerprint density at radius 2 is 2.10 bits per heavy atom. The average Bonchev–Trinajstić information content (AvgIpc) is 2.93. The summed E-state index contributed by atoms with van der Waals surface area (Å²) in [5.41, 5.74) is 2.44. The average molecular weight is 315 g/mol. The van der Waals surface area contributed by atoms with Crippen molar-refractivity contribution in [3.8, 4) is 10.6 Å². The number of aryl methyl sites for hydroxylation is 1. The molecule has 1 aliphatic carbocycles. The molecule has 1 aliphatic rings. The van der Waals surface area contributed by atoms with Crippen molar-refractivity contribution in [2.75, 3.05) is 0 Å². The highest BCUT2D eigenvalue weighted by molar-refractivity contribution is 7.15. The number of pyridine rings is 1. The lowest BCUT2D eigenvalue weighted by molar-refractivity contribution is 0.0968. The number of hydrogen-bond donors (Lipinski definition) is 0. The number of aromatic nitrogens is 2. The second-order valence-electron chi connectivity index (χ2n) is 5.06. The van der Waals surface area contributed by atoms with Crippen LogP contribution in [0.25, 0.3) is 21.5 Å². The second-order valence-corrected chi connectivity index (χ2v) is 6.55. The number of thiazole rings is 1. The van der Waals surface area contributed by atoms with Crippen LogP contribution in [0.2, 0.25) is 5.02 Å². The summed E-state index contributed by atoms with van der Waals surface area (Å²) in [6.45, 7) is 0. The molecule has 0 unspecified atom stereocenters. The van der Waals surface area contributed by atoms with Crippen molar-refractivity contribution >= 4 is 39.6 Å². The fraction of sp³-hybridized carbons (Fsp3) is 0.188. The van der Waals surface area contributed by atoms with Crippen molar-refractivity contribution in [2.45, 2.75) is 19.3 Å². The summed E-state index contributed by atoms with van der Waals surface area (Å²) < 4.78 is 0. The summed E-state index contributed by atoms with van der Waals surface area (Å²) in [4.78, 5) is 22.1. The van der Waals surface area contributed by atoms with E-state index in [1.165, 1.54) is 0 Å². The van der Waals surface area contributed by atoms with Crippen LogP contribution in [0, 0.1) is 0 Å². The number of ketones is 1. The van der Waals surface area contributed by atoms with Crippen molar-refractivity contribution in [2.24, 2.45) is 0 Å². The minimum atomic E-state index is 0.157. The largest absolute Gasteiger partial charge is 0.292 e. The Labute approximate surface area is 130 Å². The quantitative estimate of drug-likeness (QED) is 0.662. The molecule has 2 aromatic heterocycles. The number of rotatable bonds is 1. The third kappa shape index (κ3) is 2.06. The number of hydrogen-bond acceptors (Lipinski definition) is 4. The van der Waals surface area contributed by atoms with E-state index in [-0.39, 0.29) is 5.78 Å². The molecule has 0 fully saturated rings. The molecule has 3 aromatic rings. The van der Waals surface area contributed by atoms with Gasteiger partial charge in [0.1, 0.15) is 10.7 Å². The normalized spacial score (nSPS) is 14.4. The van der Waals surface area contributed by atoms with E-state index in [0.717, 1.165) is 39.2 Å². The van der Waals surface area contributed by atoms with Gasteiger partial charge in [-0.1, -0.05) is 11.6 Å². The minimum absolute atomic E-state index is 0.157. The van der Waals surface area contributed by atoms with E-state index in [4.69, 9.17) is 11.6 Å². The van der Waals surface area contributed by atoms with E-state index in [0.29, 0.717) is 17.1 Å². The van der Waals surface area contributed by atoms with Gasteiger partial charge in [0.25, 0.3) is 0 Å². The van der Waals surface area contributed by atoms with Crippen LogP contribution in [0.1, 0.15) is 28.2 Å². The first-order valence-electron chi connectivity index (χ1n) is 6.80. The molecule has 0 radical (unpaired) electrons. The smallest absolute Gasteiger partial charge is 0.182 e. The fourth-order valence-corrected chi connectivity index (χ4v) is 4.06. The molecule has 1 aromatic carbocycles. The van der Waals surface area contributed by atoms with Gasteiger partial charge in [-0.25, -0.2) is 4.98 Å². The first-order chi connectivity index (χ1) is 10.2. The Hall–Kier alpha value is -1.78. The van der Waals surface area contributed by atoms with Crippen LogP contribution in [-0.2, 0) is 6.42 Å². The van der Waals surface area contributed by atoms with Crippen LogP contribution in [0.3, 0.4) is 0 Å². The Balaban J connectivity index is 1.95. The van der Waals surface area contributed by atoms with Gasteiger partial charge in [0.15, 0.2) is 5.78 Å². The zero-order valence-corrected chi connectivity index (χ0v) is 12.7. The molecular weight excluding hydrogens is 304 g/mol. The van der Waals surface area contributed by atoms with E-state index in [9.17, 15) is 4.79 Å². The molecule has 0 saturated carbocycles. The van der Waals surface area contributed by atoms with Crippen molar-refractivity contribution in [3.63, 3.8) is 0 Å². The number of nitrogens with zero attached hydrogens (tertiary/aromatic N) is 2. The lowest BCUT2D eigenvalue weighted by Crippen LogP contribution is -2.08. The maximum absolute atomic E-state index is 12.0. The van der Waals surface area contributed by atoms with Crippen LogP contribution in [0.4, 0.5) is 0 Å². The first kappa shape index (κ1) is 12.9. The fourth-order valence-electron chi connectivity index (χ4n) is 2.69. The zero-order valence-electron chi connectivity index (χ0n) is 11.1. The maximum Gasteiger partial charge on any atom is 0.182 e. The molecule has 3 nitrogen and oxygen atoms in total. The summed E-state index contributed by atoms with van der Waals surface area (Å²) in [6.07, 6.45) is 4.22. The topological polar surface area (TPSA) is 42.9 Å². The summed E-state index contributed by atoms with van der Waals surface area (Å²) in [6, 6.07) is 7.62. The molecule has 0 spiro atoms. The Morgan fingerprint density at radius 1 is 1.19 bits per heavy atom. The van der Waals surface area contributed by atoms with Gasteiger partial charge in [-0.3, -0.25) is 9.78 Å². The number of halogens is 1. The van der Waals surface area contributed by atoms with Gasteiger partial charge in [0.2, 0.25) is 0 Å². The van der Waals surface area contributed by atoms with Gasteiger partial charge in [-0.15, -0.1) is 11.3 Å². The van der Waals surface area contributed by atoms with Crippen LogP contribution in [-0.4, -0.2) is 15.8 Å². The lowest BCUT2D eigenvalue weighted by atomic mass is 10.0. The molecule has 0 aliphatic heterocycles. The third-order valence-corrected chi connectivity index (χ3v) is 5.19. The molecular formula is C16H11ClN2OS. The highest BCUT2D eigenvalue weighted by atomic mass is 35.5. The molecule has 104 valence electrons. The van der Waals surface area contributed by atoms with E-state index >= 15 is 0 Å². The number of carbonyl (C=O) groups excluding carboxylic acids is 1. The van der Waals surface area contributed by atoms with Gasteiger partial charge >= 0.3 is 0 Å². The van der Waals surface area contributed by atoms with Crippen LogP contribution in [0.5, 0.6) is 0 Å². The summed E-state index contributed by atoms with van der Waals surface area (Å²) in [5, 5.41) is 2.45. The SMILES string of the molecule is O=C1CCCc2sc(-c3ccc(Cl)c4cccnc34)nc21. The van der Waals surface area contributed by atoms with Crippen LogP contribution in [0.15, 0.2) is 30.5 Å². The highest BCUT2D eigenvalue weighted by Gasteiger charge is 2.23. The Kier molecular flexibility index (Phi) is 3.01. The first-order valence-corrected chi connectivity index (χ1v) is 8.00. The summed E-state index contributed by atoms with van der Waals surface area (Å²) >= 11 is 7.83. The van der Waals surface area contributed by atoms with Gasteiger partial charge < -0.3 is 0 Å². The maximum atomic E-state index is 12.0. The van der Waals surface area contributed by atoms with Crippen LogP contribution >= 0.6 is 22.9 Å². The molecule has 4 rings (SSSR count). The predicted octanol–water partition coefficient (Wildman–Crippen LogP) is 4.53. The zero-order chi connectivity index (χ0) is 14.4. The molecule has 0 atom stereocenters. The second kappa shape index (κ2) is 4.90. The van der Waals surface area contributed by atoms with Crippen molar-refractivity contribution in [3.05, 3.63) is 46.1 Å². The number of Topliss-reactive ketones (excluding diaryl/α,β-unsaturated/α-hetero) is 1. The van der Waals surface area contributed by atoms with E-state index in [2.05, 4.69) is 9.97 Å². The van der Waals surface area contributed by atoms with Gasteiger partial charge in [0, 0.05) is 28.4 Å². The van der Waals surface area contributed by atoms with E-state index in [1.807, 2.05) is 24.3 Å². The number of fused-ring (bicyclic) bond motifs is 2. The van der Waals surface area contributed by atoms with Crippen molar-refractivity contribution in [1.82, 2.24) is 9.97 Å². The van der Waals surface area contributed by atoms with Gasteiger partial charge in [0.05, 0.1) is 10.5 Å². The molecule has 0 N–H and O–H groups in total. The van der Waals surface area contributed by atoms with E-state index < -0.39 is 0 Å². The number of carbonyl (C=O) groups is 1. The predicted molar refractivity (Wildman–Crippen MR) is 85.1 cm³/mol. The van der Waals surface area contributed by atoms with Crippen LogP contribution < -0.4 is 0 Å². The third-order valence-electron chi connectivity index (χ3n) is 3.72. The molecule has 0 saturated heterocycles. The van der Waals surface area contributed by atoms with Gasteiger partial charge in [-0.05, 0) is 37.1 Å². The molecule has 5 heteroatoms. The molecule has 0 amide bonds. The summed E-state index contributed by atoms with van der Waals surface area (Å²) in [5.74, 6) is 0.157. The van der Waals surface area contributed by atoms with Crippen molar-refractivity contribution in [1.29, 1.82) is 0 Å².